The maximum Gasteiger partial charge on any atom is 0.253 e. The van der Waals surface area contributed by atoms with E-state index in [1.165, 1.54) is 37.8 Å². The molecule has 33 heavy (non-hydrogen) atoms. The van der Waals surface area contributed by atoms with Gasteiger partial charge in [-0.15, -0.1) is 0 Å². The van der Waals surface area contributed by atoms with E-state index in [4.69, 9.17) is 0 Å². The van der Waals surface area contributed by atoms with E-state index < -0.39 is 0 Å². The van der Waals surface area contributed by atoms with E-state index in [9.17, 15) is 14.0 Å². The van der Waals surface area contributed by atoms with Crippen molar-refractivity contribution >= 4 is 11.8 Å². The van der Waals surface area contributed by atoms with Crippen LogP contribution in [0, 0.1) is 5.82 Å². The lowest BCUT2D eigenvalue weighted by atomic mass is 9.96. The quantitative estimate of drug-likeness (QED) is 0.716. The zero-order chi connectivity index (χ0) is 22.8. The molecule has 5 rings (SSSR count). The molecule has 0 aromatic heterocycles. The summed E-state index contributed by atoms with van der Waals surface area (Å²) in [6.45, 7) is 4.77. The highest BCUT2D eigenvalue weighted by Crippen LogP contribution is 2.25. The summed E-state index contributed by atoms with van der Waals surface area (Å²) in [5.41, 5.74) is 3.85. The minimum absolute atomic E-state index is 0.0487. The highest BCUT2D eigenvalue weighted by atomic mass is 19.1. The molecule has 0 N–H and O–H groups in total. The normalized spacial score (nSPS) is 19.5. The Balaban J connectivity index is 1.18. The Morgan fingerprint density at radius 2 is 1.58 bits per heavy atom. The van der Waals surface area contributed by atoms with Gasteiger partial charge in [0.25, 0.3) is 5.91 Å². The summed E-state index contributed by atoms with van der Waals surface area (Å²) >= 11 is 0. The number of amides is 2. The molecule has 0 unspecified atom stereocenters. The van der Waals surface area contributed by atoms with Crippen LogP contribution in [0.5, 0.6) is 0 Å². The second kappa shape index (κ2) is 9.64. The first-order valence-electron chi connectivity index (χ1n) is 12.2. The van der Waals surface area contributed by atoms with Gasteiger partial charge in [0.05, 0.1) is 6.42 Å². The fourth-order valence-corrected chi connectivity index (χ4v) is 5.53. The Kier molecular flexibility index (Phi) is 6.45. The van der Waals surface area contributed by atoms with Crippen molar-refractivity contribution in [2.75, 3.05) is 32.7 Å². The van der Waals surface area contributed by atoms with Crippen LogP contribution in [0.3, 0.4) is 0 Å². The van der Waals surface area contributed by atoms with E-state index in [0.717, 1.165) is 60.9 Å². The summed E-state index contributed by atoms with van der Waals surface area (Å²) in [5, 5.41) is 0. The third-order valence-electron chi connectivity index (χ3n) is 7.53. The molecule has 0 bridgehead atoms. The Labute approximate surface area is 195 Å². The van der Waals surface area contributed by atoms with Crippen molar-refractivity contribution in [2.45, 2.75) is 51.1 Å². The fourth-order valence-electron chi connectivity index (χ4n) is 5.53. The van der Waals surface area contributed by atoms with Crippen molar-refractivity contribution in [2.24, 2.45) is 0 Å². The molecule has 2 fully saturated rings. The number of piperazine rings is 1. The van der Waals surface area contributed by atoms with Crippen LogP contribution >= 0.6 is 0 Å². The molecule has 2 aromatic carbocycles. The van der Waals surface area contributed by atoms with Crippen LogP contribution in [0.15, 0.2) is 42.5 Å². The van der Waals surface area contributed by atoms with Gasteiger partial charge in [0, 0.05) is 50.9 Å². The van der Waals surface area contributed by atoms with E-state index >= 15 is 0 Å². The second-order valence-corrected chi connectivity index (χ2v) is 9.62. The molecule has 1 saturated heterocycles. The number of halogens is 1. The lowest BCUT2D eigenvalue weighted by molar-refractivity contribution is -0.131. The fraction of sp³-hybridized carbons (Fsp3) is 0.481. The monoisotopic (exact) mass is 449 g/mol. The number of hydrogen-bond donors (Lipinski definition) is 0. The van der Waals surface area contributed by atoms with E-state index in [0.29, 0.717) is 13.1 Å². The van der Waals surface area contributed by atoms with Gasteiger partial charge in [-0.25, -0.2) is 4.39 Å². The van der Waals surface area contributed by atoms with Crippen molar-refractivity contribution in [1.29, 1.82) is 0 Å². The van der Waals surface area contributed by atoms with Crippen LogP contribution in [-0.2, 0) is 24.2 Å². The van der Waals surface area contributed by atoms with Crippen LogP contribution < -0.4 is 0 Å². The molecule has 2 heterocycles. The molecule has 1 aliphatic carbocycles. The lowest BCUT2D eigenvalue weighted by Crippen LogP contribution is -2.51. The summed E-state index contributed by atoms with van der Waals surface area (Å²) in [5.74, 6) is -0.120. The van der Waals surface area contributed by atoms with E-state index in [-0.39, 0.29) is 24.1 Å². The Morgan fingerprint density at radius 1 is 0.848 bits per heavy atom. The van der Waals surface area contributed by atoms with Crippen molar-refractivity contribution in [3.05, 3.63) is 70.5 Å². The molecular weight excluding hydrogens is 417 g/mol. The van der Waals surface area contributed by atoms with Crippen LogP contribution in [0.25, 0.3) is 0 Å². The Morgan fingerprint density at radius 3 is 2.30 bits per heavy atom. The summed E-state index contributed by atoms with van der Waals surface area (Å²) < 4.78 is 13.1. The molecule has 5 nitrogen and oxygen atoms in total. The first-order valence-corrected chi connectivity index (χ1v) is 12.2. The minimum Gasteiger partial charge on any atom is -0.338 e. The van der Waals surface area contributed by atoms with Gasteiger partial charge in [-0.05, 0) is 60.2 Å². The number of carbonyl (C=O) groups excluding carboxylic acids is 2. The maximum absolute atomic E-state index is 13.1. The molecule has 6 heteroatoms. The summed E-state index contributed by atoms with van der Waals surface area (Å²) in [7, 11) is 0. The summed E-state index contributed by atoms with van der Waals surface area (Å²) in [6.07, 6.45) is 6.33. The zero-order valence-corrected chi connectivity index (χ0v) is 19.1. The number of nitrogens with zero attached hydrogens (tertiary/aromatic N) is 3. The van der Waals surface area contributed by atoms with Gasteiger partial charge < -0.3 is 9.80 Å². The van der Waals surface area contributed by atoms with Gasteiger partial charge in [0.2, 0.25) is 5.91 Å². The van der Waals surface area contributed by atoms with Gasteiger partial charge in [-0.2, -0.15) is 0 Å². The van der Waals surface area contributed by atoms with Crippen LogP contribution in [-0.4, -0.2) is 65.3 Å². The Hall–Kier alpha value is -2.73. The van der Waals surface area contributed by atoms with Crippen molar-refractivity contribution in [3.8, 4) is 0 Å². The van der Waals surface area contributed by atoms with Crippen molar-refractivity contribution in [1.82, 2.24) is 14.7 Å². The van der Waals surface area contributed by atoms with Crippen molar-refractivity contribution in [3.63, 3.8) is 0 Å². The molecule has 0 spiro atoms. The van der Waals surface area contributed by atoms with Crippen LogP contribution in [0.1, 0.15) is 52.7 Å². The third-order valence-corrected chi connectivity index (χ3v) is 7.53. The van der Waals surface area contributed by atoms with Gasteiger partial charge >= 0.3 is 0 Å². The standard InChI is InChI=1S/C27H32FN3O2/c28-24-9-5-20(6-10-24)17-26(32)31-12-11-21-18-22(7-8-23(21)19-31)27(33)30-15-13-29(14-16-30)25-3-1-2-4-25/h5-10,18,25H,1-4,11-17,19H2. The molecule has 0 radical (unpaired) electrons. The Bertz CT molecular complexity index is 1010. The highest BCUT2D eigenvalue weighted by Gasteiger charge is 2.29. The maximum atomic E-state index is 13.1. The van der Waals surface area contributed by atoms with Crippen molar-refractivity contribution < 1.29 is 14.0 Å². The topological polar surface area (TPSA) is 43.9 Å². The zero-order valence-electron chi connectivity index (χ0n) is 19.1. The summed E-state index contributed by atoms with van der Waals surface area (Å²) in [4.78, 5) is 32.3. The average Bonchev–Trinajstić information content (AvgIpc) is 3.39. The average molecular weight is 450 g/mol. The highest BCUT2D eigenvalue weighted by molar-refractivity contribution is 5.94. The first-order chi connectivity index (χ1) is 16.1. The SMILES string of the molecule is O=C(Cc1ccc(F)cc1)N1CCc2cc(C(=O)N3CCN(C4CCCC4)CC3)ccc2C1. The molecule has 3 aliphatic rings. The number of carbonyl (C=O) groups is 2. The van der Waals surface area contributed by atoms with Gasteiger partial charge in [-0.3, -0.25) is 14.5 Å². The van der Waals surface area contributed by atoms with Crippen LogP contribution in [0.4, 0.5) is 4.39 Å². The van der Waals surface area contributed by atoms with Crippen LogP contribution in [0.2, 0.25) is 0 Å². The largest absolute Gasteiger partial charge is 0.338 e. The van der Waals surface area contributed by atoms with Gasteiger partial charge in [0.1, 0.15) is 5.82 Å². The third kappa shape index (κ3) is 4.96. The number of fused-ring (bicyclic) bond motifs is 1. The second-order valence-electron chi connectivity index (χ2n) is 9.62. The van der Waals surface area contributed by atoms with E-state index in [1.54, 1.807) is 12.1 Å². The molecule has 2 amide bonds. The molecule has 2 aliphatic heterocycles. The predicted octanol–water partition coefficient (Wildman–Crippen LogP) is 3.65. The van der Waals surface area contributed by atoms with E-state index in [1.807, 2.05) is 28.0 Å². The lowest BCUT2D eigenvalue weighted by Gasteiger charge is -2.38. The molecule has 174 valence electrons. The first kappa shape index (κ1) is 22.1. The van der Waals surface area contributed by atoms with E-state index in [2.05, 4.69) is 4.90 Å². The molecule has 0 atom stereocenters. The smallest absolute Gasteiger partial charge is 0.253 e. The summed E-state index contributed by atoms with van der Waals surface area (Å²) in [6, 6.07) is 12.8. The number of benzene rings is 2. The number of hydrogen-bond acceptors (Lipinski definition) is 3. The predicted molar refractivity (Wildman–Crippen MR) is 125 cm³/mol. The molecular formula is C27H32FN3O2. The molecule has 1 saturated carbocycles. The molecule has 2 aromatic rings. The van der Waals surface area contributed by atoms with Gasteiger partial charge in [0.15, 0.2) is 0 Å². The minimum atomic E-state index is -0.292. The van der Waals surface area contributed by atoms with Gasteiger partial charge in [-0.1, -0.05) is 31.0 Å². The number of rotatable bonds is 4.